The maximum Gasteiger partial charge on any atom is 0.0159 e. The minimum absolute atomic E-state index is 0.0285. The first-order chi connectivity index (χ1) is 69.8. The Morgan fingerprint density at radius 2 is 0.362 bits per heavy atom. The Labute approximate surface area is 823 Å². The quantitative estimate of drug-likeness (QED) is 0.101. The summed E-state index contributed by atoms with van der Waals surface area (Å²) in [6.45, 7) is 4.71. The molecule has 1 aliphatic rings. The van der Waals surface area contributed by atoms with Crippen LogP contribution in [0.3, 0.4) is 0 Å². The zero-order chi connectivity index (χ0) is 93.9. The first-order valence-corrected chi connectivity index (χ1v) is 49.1. The summed E-state index contributed by atoms with van der Waals surface area (Å²) < 4.78 is 0. The van der Waals surface area contributed by atoms with Crippen molar-refractivity contribution >= 4 is 97.0 Å². The van der Waals surface area contributed by atoms with E-state index in [4.69, 9.17) is 0 Å². The highest BCUT2D eigenvalue weighted by molar-refractivity contribution is 6.29. The summed E-state index contributed by atoms with van der Waals surface area (Å²) in [5.74, 6) is 0. The average molecular weight is 1790 g/mol. The normalized spacial score (nSPS) is 12.0. The lowest BCUT2D eigenvalue weighted by Crippen LogP contribution is -2.14. The second-order valence-corrected chi connectivity index (χ2v) is 37.7. The third-order valence-corrected chi connectivity index (χ3v) is 29.4. The molecule has 0 atom stereocenters. The number of fused-ring (bicyclic) bond motifs is 12. The third kappa shape index (κ3) is 15.2. The van der Waals surface area contributed by atoms with E-state index in [9.17, 15) is 0 Å². The van der Waals surface area contributed by atoms with Gasteiger partial charge in [-0.2, -0.15) is 0 Å². The van der Waals surface area contributed by atoms with Gasteiger partial charge in [0, 0.05) is 5.41 Å². The van der Waals surface area contributed by atoms with E-state index in [0.717, 1.165) is 0 Å². The van der Waals surface area contributed by atoms with Crippen molar-refractivity contribution in [1.82, 2.24) is 0 Å². The number of hydrogen-bond acceptors (Lipinski definition) is 0. The lowest BCUT2D eigenvalue weighted by Gasteiger charge is -2.22. The molecular formula is C141H96. The first kappa shape index (κ1) is 84.8. The van der Waals surface area contributed by atoms with E-state index in [-0.39, 0.29) is 5.41 Å². The van der Waals surface area contributed by atoms with Crippen LogP contribution in [0.5, 0.6) is 0 Å². The number of hydrogen-bond donors (Lipinski definition) is 0. The number of benzene rings is 26. The Balaban J connectivity index is 0.000000112. The summed E-state index contributed by atoms with van der Waals surface area (Å²) in [6, 6.07) is 200. The van der Waals surface area contributed by atoms with Crippen LogP contribution in [0.15, 0.2) is 546 Å². The minimum atomic E-state index is -0.0285. The fourth-order valence-electron chi connectivity index (χ4n) is 22.9. The fraction of sp³-hybridized carbons (Fsp3) is 0.0213. The first-order valence-electron chi connectivity index (χ1n) is 49.1. The molecule has 0 aromatic heterocycles. The smallest absolute Gasteiger partial charge is 0.0159 e. The fourth-order valence-corrected chi connectivity index (χ4v) is 22.9. The lowest BCUT2D eigenvalue weighted by molar-refractivity contribution is 0.660. The molecule has 0 spiro atoms. The molecule has 0 aliphatic heterocycles. The minimum Gasteiger partial charge on any atom is -0.0622 e. The lowest BCUT2D eigenvalue weighted by atomic mass is 9.80. The summed E-state index contributed by atoms with van der Waals surface area (Å²) in [7, 11) is 0. The van der Waals surface area contributed by atoms with Gasteiger partial charge in [0.2, 0.25) is 0 Å². The number of rotatable bonds is 13. The van der Waals surface area contributed by atoms with Crippen molar-refractivity contribution in [3.63, 3.8) is 0 Å². The Morgan fingerprint density at radius 1 is 0.106 bits per heavy atom. The maximum atomic E-state index is 2.42. The zero-order valence-electron chi connectivity index (χ0n) is 78.5. The van der Waals surface area contributed by atoms with Gasteiger partial charge in [-0.05, 0) is 294 Å². The van der Waals surface area contributed by atoms with E-state index in [2.05, 4.69) is 560 Å². The Bertz CT molecular complexity index is 9150. The monoisotopic (exact) mass is 1790 g/mol. The van der Waals surface area contributed by atoms with Gasteiger partial charge in [0.05, 0.1) is 0 Å². The molecule has 1 aliphatic carbocycles. The molecule has 0 heteroatoms. The average Bonchev–Trinajstić information content (AvgIpc) is 1.50. The standard InChI is InChI=1S/C51H36.C48H32.C42H28/c1-51(2)47-26-13-12-21-40(47)41-28-27-35(32-48(41)51)34-17-14-18-36(31-34)37-29-30-46(39-20-7-6-19-38(37)39)50-44-24-10-8-22-42(44)49(33-15-4-3-5-16-33)43-23-9-11-25-45(43)50;1-3-13-33(14-4-1)34-25-27-35(28-26-34)38-18-11-19-39(31-38)40-30-29-36-17-12-24-45(46(36)32-40)48-43-22-9-7-20-41(43)47(37-15-5-2-6-16-37)42-21-8-10-23-44(42)48;1-4-16-29(17-5-1)38-28-39(30-18-6-2-7-19-30)42(33-23-11-10-22-32(33)38)41-36-26-14-12-24-34(36)40(31-20-8-3-9-21-31)35-25-13-15-27-37(35)41/h3-32H,1-2H3;1-32H;1-28H. The summed E-state index contributed by atoms with van der Waals surface area (Å²) in [5, 5.41) is 22.8. The van der Waals surface area contributed by atoms with Crippen LogP contribution in [-0.2, 0) is 5.41 Å². The summed E-state index contributed by atoms with van der Waals surface area (Å²) in [6.07, 6.45) is 0. The van der Waals surface area contributed by atoms with Crippen LogP contribution >= 0.6 is 0 Å². The van der Waals surface area contributed by atoms with Gasteiger partial charge < -0.3 is 0 Å². The second kappa shape index (κ2) is 36.3. The van der Waals surface area contributed by atoms with Gasteiger partial charge in [-0.15, -0.1) is 0 Å². The topological polar surface area (TPSA) is 0 Å². The molecule has 0 unspecified atom stereocenters. The van der Waals surface area contributed by atoms with Gasteiger partial charge >= 0.3 is 0 Å². The van der Waals surface area contributed by atoms with Gasteiger partial charge in [-0.1, -0.05) is 529 Å². The molecule has 0 nitrogen and oxygen atoms in total. The van der Waals surface area contributed by atoms with E-state index in [0.29, 0.717) is 0 Å². The molecule has 26 aromatic rings. The van der Waals surface area contributed by atoms with Gasteiger partial charge in [0.15, 0.2) is 0 Å². The summed E-state index contributed by atoms with van der Waals surface area (Å²) in [4.78, 5) is 0. The van der Waals surface area contributed by atoms with Gasteiger partial charge in [0.25, 0.3) is 0 Å². The molecule has 0 amide bonds. The van der Waals surface area contributed by atoms with Crippen LogP contribution in [0.25, 0.3) is 253 Å². The van der Waals surface area contributed by atoms with Crippen LogP contribution in [0.2, 0.25) is 0 Å². The third-order valence-electron chi connectivity index (χ3n) is 29.4. The SMILES string of the molecule is CC1(C)c2ccccc2-c2ccc(-c3cccc(-c4ccc(-c5c6ccccc6c(-c6ccccc6)c6ccccc56)c5ccccc45)c3)cc21.c1ccc(-c2cc(-c3ccccc3)c3ccccc3c2-c2c3ccccc3c(-c3ccccc3)c3ccccc23)cc1.c1ccc(-c2ccc(-c3cccc(-c4ccc5cccc(-c6c7ccccc7c(-c7ccccc7)c7ccccc67)c5c4)c3)cc2)cc1. The highest BCUT2D eigenvalue weighted by Gasteiger charge is 2.36. The predicted molar refractivity (Wildman–Crippen MR) is 605 cm³/mol. The zero-order valence-corrected chi connectivity index (χ0v) is 78.5. The molecule has 141 heavy (non-hydrogen) atoms. The van der Waals surface area contributed by atoms with E-state index in [1.165, 1.54) is 264 Å². The van der Waals surface area contributed by atoms with Crippen molar-refractivity contribution in [1.29, 1.82) is 0 Å². The van der Waals surface area contributed by atoms with Crippen molar-refractivity contribution in [2.75, 3.05) is 0 Å². The van der Waals surface area contributed by atoms with E-state index in [1.807, 2.05) is 0 Å². The van der Waals surface area contributed by atoms with Crippen LogP contribution < -0.4 is 0 Å². The van der Waals surface area contributed by atoms with Crippen LogP contribution in [-0.4, -0.2) is 0 Å². The molecular weight excluding hydrogens is 1690 g/mol. The van der Waals surface area contributed by atoms with Gasteiger partial charge in [-0.25, -0.2) is 0 Å². The molecule has 0 saturated heterocycles. The highest BCUT2D eigenvalue weighted by atomic mass is 14.4. The maximum absolute atomic E-state index is 2.42. The molecule has 26 aromatic carbocycles. The van der Waals surface area contributed by atoms with Gasteiger partial charge in [-0.3, -0.25) is 0 Å². The van der Waals surface area contributed by atoms with E-state index in [1.54, 1.807) is 0 Å². The second-order valence-electron chi connectivity index (χ2n) is 37.7. The molecule has 0 fully saturated rings. The Kier molecular flexibility index (Phi) is 21.8. The van der Waals surface area contributed by atoms with Crippen molar-refractivity contribution in [3.8, 4) is 156 Å². The summed E-state index contributed by atoms with van der Waals surface area (Å²) >= 11 is 0. The summed E-state index contributed by atoms with van der Waals surface area (Å²) in [5.41, 5.74) is 38.0. The molecule has 660 valence electrons. The van der Waals surface area contributed by atoms with Crippen molar-refractivity contribution in [3.05, 3.63) is 557 Å². The molecule has 27 rings (SSSR count). The Hall–Kier alpha value is -17.9. The van der Waals surface area contributed by atoms with Crippen LogP contribution in [0.1, 0.15) is 25.0 Å². The molecule has 0 radical (unpaired) electrons. The molecule has 0 bridgehead atoms. The van der Waals surface area contributed by atoms with Crippen molar-refractivity contribution in [2.45, 2.75) is 19.3 Å². The van der Waals surface area contributed by atoms with Crippen LogP contribution in [0, 0.1) is 0 Å². The Morgan fingerprint density at radius 3 is 0.816 bits per heavy atom. The molecule has 0 saturated carbocycles. The largest absolute Gasteiger partial charge is 0.0622 e. The van der Waals surface area contributed by atoms with E-state index < -0.39 is 0 Å². The molecule has 0 N–H and O–H groups in total. The van der Waals surface area contributed by atoms with Crippen molar-refractivity contribution in [2.24, 2.45) is 0 Å². The predicted octanol–water partition coefficient (Wildman–Crippen LogP) is 39.4. The van der Waals surface area contributed by atoms with Gasteiger partial charge in [0.1, 0.15) is 0 Å². The highest BCUT2D eigenvalue weighted by Crippen LogP contribution is 2.55. The molecule has 0 heterocycles. The van der Waals surface area contributed by atoms with Crippen molar-refractivity contribution < 1.29 is 0 Å². The van der Waals surface area contributed by atoms with E-state index >= 15 is 0 Å². The van der Waals surface area contributed by atoms with Crippen LogP contribution in [0.4, 0.5) is 0 Å².